The second-order valence-electron chi connectivity index (χ2n) is 8.27. The van der Waals surface area contributed by atoms with E-state index in [0.29, 0.717) is 24.1 Å². The Morgan fingerprint density at radius 1 is 0.786 bits per heavy atom. The molecule has 42 heavy (non-hydrogen) atoms. The molecule has 0 atom stereocenters. The van der Waals surface area contributed by atoms with Gasteiger partial charge in [0.1, 0.15) is 11.5 Å². The minimum atomic E-state index is -6.22. The fourth-order valence-electron chi connectivity index (χ4n) is 3.33. The van der Waals surface area contributed by atoms with Crippen LogP contribution in [0, 0.1) is 13.8 Å². The van der Waals surface area contributed by atoms with E-state index in [0.717, 1.165) is 32.9 Å². The average Bonchev–Trinajstić information content (AvgIpc) is 2.91. The molecule has 0 saturated carbocycles. The number of halogens is 7. The summed E-state index contributed by atoms with van der Waals surface area (Å²) in [5.41, 5.74) is 1.97. The Bertz CT molecular complexity index is 1700. The molecule has 228 valence electrons. The highest BCUT2D eigenvalue weighted by Crippen LogP contribution is 2.36. The molecule has 8 nitrogen and oxygen atoms in total. The molecule has 0 saturated heterocycles. The first-order valence-corrected chi connectivity index (χ1v) is 13.6. The van der Waals surface area contributed by atoms with Crippen LogP contribution in [0.2, 0.25) is 0 Å². The lowest BCUT2D eigenvalue weighted by Gasteiger charge is -2.12. The van der Waals surface area contributed by atoms with Gasteiger partial charge in [0.15, 0.2) is 0 Å². The zero-order chi connectivity index (χ0) is 32.0. The minimum absolute atomic E-state index is 0.0578. The predicted octanol–water partition coefficient (Wildman–Crippen LogP) is 6.94. The summed E-state index contributed by atoms with van der Waals surface area (Å²) < 4.78 is 107. The third-order valence-electron chi connectivity index (χ3n) is 5.27. The van der Waals surface area contributed by atoms with Crippen molar-refractivity contribution in [3.05, 3.63) is 70.0 Å². The van der Waals surface area contributed by atoms with Crippen molar-refractivity contribution in [1.29, 1.82) is 0 Å². The van der Waals surface area contributed by atoms with Crippen molar-refractivity contribution in [2.24, 2.45) is 0 Å². The molecule has 0 spiro atoms. The highest BCUT2D eigenvalue weighted by Gasteiger charge is 2.55. The van der Waals surface area contributed by atoms with Gasteiger partial charge in [0.25, 0.3) is 0 Å². The first-order valence-electron chi connectivity index (χ1n) is 11.4. The number of esters is 1. The largest absolute Gasteiger partial charge is 0.497 e. The molecular weight excluding hydrogens is 662 g/mol. The molecule has 0 bridgehead atoms. The van der Waals surface area contributed by atoms with Gasteiger partial charge < -0.3 is 14.2 Å². The maximum Gasteiger partial charge on any atom is 0.470 e. The van der Waals surface area contributed by atoms with E-state index in [2.05, 4.69) is 30.6 Å². The quantitative estimate of drug-likeness (QED) is 0.129. The number of benzene rings is 2. The summed E-state index contributed by atoms with van der Waals surface area (Å²) >= 11 is 3.52. The number of rotatable bonds is 4. The van der Waals surface area contributed by atoms with Gasteiger partial charge in [0.2, 0.25) is 0 Å². The molecule has 0 aliphatic carbocycles. The van der Waals surface area contributed by atoms with Crippen LogP contribution in [0.25, 0.3) is 21.8 Å². The summed E-state index contributed by atoms with van der Waals surface area (Å²) in [5.74, 6) is -1.21. The smallest absolute Gasteiger partial charge is 0.470 e. The minimum Gasteiger partial charge on any atom is -0.497 e. The number of fused-ring (bicyclic) bond motifs is 2. The van der Waals surface area contributed by atoms with E-state index in [4.69, 9.17) is 9.47 Å². The van der Waals surface area contributed by atoms with Gasteiger partial charge in [-0.05, 0) is 62.4 Å². The molecule has 0 radical (unpaired) electrons. The summed E-state index contributed by atoms with van der Waals surface area (Å²) in [5, 5.41) is -3.97. The van der Waals surface area contributed by atoms with E-state index in [1.165, 1.54) is 19.2 Å². The standard InChI is InChI=1S/C12H10F3NO.C11H10BrNO.C3H3F3O4S/c1-7-5-10(12(13,14)15)9-6-8(17-2)3-4-11(9)16-7;1-7-5-10(12)9-6-8(14-2)3-4-11(9)13-7;1-10-2(7)3(4,5)11(6,8)9/h3-6H,1-2H3;3-6H,1-2H3;1H3. The maximum absolute atomic E-state index is 12.9. The van der Waals surface area contributed by atoms with Crippen LogP contribution in [0.5, 0.6) is 11.5 Å². The van der Waals surface area contributed by atoms with Gasteiger partial charge in [-0.15, -0.1) is 0 Å². The molecule has 0 N–H and O–H groups in total. The molecule has 0 aliphatic rings. The van der Waals surface area contributed by atoms with Crippen molar-refractivity contribution in [2.45, 2.75) is 25.3 Å². The fraction of sp³-hybridized carbons (Fsp3) is 0.269. The van der Waals surface area contributed by atoms with Crippen molar-refractivity contribution in [2.75, 3.05) is 21.3 Å². The number of methoxy groups -OCH3 is 3. The maximum atomic E-state index is 12.9. The molecule has 2 aromatic heterocycles. The van der Waals surface area contributed by atoms with Crippen LogP contribution in [0.15, 0.2) is 53.0 Å². The summed E-state index contributed by atoms with van der Waals surface area (Å²) in [7, 11) is -2.63. The number of aromatic nitrogens is 2. The predicted molar refractivity (Wildman–Crippen MR) is 146 cm³/mol. The number of pyridine rings is 2. The lowest BCUT2D eigenvalue weighted by atomic mass is 10.1. The molecule has 0 amide bonds. The van der Waals surface area contributed by atoms with Gasteiger partial charge in [-0.3, -0.25) is 9.97 Å². The highest BCUT2D eigenvalue weighted by atomic mass is 79.9. The molecule has 0 fully saturated rings. The van der Waals surface area contributed by atoms with Crippen LogP contribution in [-0.4, -0.2) is 50.9 Å². The van der Waals surface area contributed by atoms with Gasteiger partial charge in [0.05, 0.1) is 37.9 Å². The van der Waals surface area contributed by atoms with Crippen LogP contribution in [0.3, 0.4) is 0 Å². The summed E-state index contributed by atoms with van der Waals surface area (Å²) in [6, 6.07) is 13.4. The van der Waals surface area contributed by atoms with Crippen molar-refractivity contribution in [3.8, 4) is 11.5 Å². The zero-order valence-electron chi connectivity index (χ0n) is 22.5. The van der Waals surface area contributed by atoms with Gasteiger partial charge in [-0.25, -0.2) is 4.79 Å². The van der Waals surface area contributed by atoms with Gasteiger partial charge >= 0.3 is 27.6 Å². The number of aryl methyl sites for hydroxylation is 2. The van der Waals surface area contributed by atoms with Gasteiger partial charge in [0, 0.05) is 26.6 Å². The van der Waals surface area contributed by atoms with E-state index >= 15 is 0 Å². The molecule has 16 heteroatoms. The lowest BCUT2D eigenvalue weighted by Crippen LogP contribution is -2.36. The Morgan fingerprint density at radius 2 is 1.24 bits per heavy atom. The monoisotopic (exact) mass is 684 g/mol. The van der Waals surface area contributed by atoms with Gasteiger partial charge in [-0.2, -0.15) is 30.4 Å². The van der Waals surface area contributed by atoms with Crippen molar-refractivity contribution < 1.29 is 53.3 Å². The Kier molecular flexibility index (Phi) is 11.1. The van der Waals surface area contributed by atoms with Crippen molar-refractivity contribution in [1.82, 2.24) is 9.97 Å². The Morgan fingerprint density at radius 3 is 1.64 bits per heavy atom. The third kappa shape index (κ3) is 8.44. The molecular formula is C26H23BrF6N2O6S. The summed E-state index contributed by atoms with van der Waals surface area (Å²) in [6.45, 7) is 3.52. The van der Waals surface area contributed by atoms with Crippen LogP contribution < -0.4 is 9.47 Å². The SMILES string of the molecule is COC(=O)C(F)(F)S(=O)(=O)F.COc1ccc2nc(C)cc(Br)c2c1.COc1ccc2nc(C)cc(C(F)(F)F)c2c1. The van der Waals surface area contributed by atoms with Gasteiger partial charge in [-0.1, -0.05) is 19.8 Å². The Hall–Kier alpha value is -3.66. The van der Waals surface area contributed by atoms with E-state index < -0.39 is 33.2 Å². The average molecular weight is 685 g/mol. The topological polar surface area (TPSA) is 105 Å². The number of carbonyl (C=O) groups excluding carboxylic acids is 1. The fourth-order valence-corrected chi connectivity index (χ4v) is 4.26. The second-order valence-corrected chi connectivity index (χ2v) is 10.5. The Labute approximate surface area is 245 Å². The van der Waals surface area contributed by atoms with Crippen LogP contribution in [0.4, 0.5) is 25.8 Å². The molecule has 0 unspecified atom stereocenters. The first kappa shape index (κ1) is 34.5. The number of hydrogen-bond acceptors (Lipinski definition) is 8. The summed E-state index contributed by atoms with van der Waals surface area (Å²) in [6.07, 6.45) is -4.39. The van der Waals surface area contributed by atoms with E-state index in [9.17, 15) is 39.1 Å². The number of alkyl halides is 5. The third-order valence-corrected chi connectivity index (χ3v) is 6.71. The van der Waals surface area contributed by atoms with E-state index in [1.807, 2.05) is 31.2 Å². The zero-order valence-corrected chi connectivity index (χ0v) is 24.9. The van der Waals surface area contributed by atoms with E-state index in [1.54, 1.807) is 20.1 Å². The second kappa shape index (κ2) is 13.5. The normalized spacial score (nSPS) is 11.6. The van der Waals surface area contributed by atoms with Crippen LogP contribution in [-0.2, 0) is 25.9 Å². The lowest BCUT2D eigenvalue weighted by molar-refractivity contribution is -0.157. The molecule has 2 aromatic carbocycles. The highest BCUT2D eigenvalue weighted by molar-refractivity contribution is 9.10. The van der Waals surface area contributed by atoms with Crippen molar-refractivity contribution in [3.63, 3.8) is 0 Å². The molecule has 2 heterocycles. The Balaban J connectivity index is 0.000000226. The number of nitrogens with zero attached hydrogens (tertiary/aromatic N) is 2. The molecule has 4 rings (SSSR count). The van der Waals surface area contributed by atoms with Crippen LogP contribution >= 0.6 is 15.9 Å². The molecule has 4 aromatic rings. The number of hydrogen-bond donors (Lipinski definition) is 0. The summed E-state index contributed by atoms with van der Waals surface area (Å²) in [4.78, 5) is 18.4. The van der Waals surface area contributed by atoms with E-state index in [-0.39, 0.29) is 5.39 Å². The number of ether oxygens (including phenoxy) is 3. The van der Waals surface area contributed by atoms with Crippen LogP contribution in [0.1, 0.15) is 17.0 Å². The number of carbonyl (C=O) groups is 1. The van der Waals surface area contributed by atoms with Crippen molar-refractivity contribution >= 4 is 53.9 Å². The molecule has 0 aliphatic heterocycles. The first-order chi connectivity index (χ1) is 19.3.